The Morgan fingerprint density at radius 3 is 2.06 bits per heavy atom. The summed E-state index contributed by atoms with van der Waals surface area (Å²) >= 11 is 0. The molecular weight excluding hydrogens is 218 g/mol. The molecule has 0 aliphatic rings. The van der Waals surface area contributed by atoms with Crippen molar-refractivity contribution in [3.8, 4) is 6.01 Å². The lowest BCUT2D eigenvalue weighted by atomic mass is 10.2. The van der Waals surface area contributed by atoms with Gasteiger partial charge < -0.3 is 15.0 Å². The van der Waals surface area contributed by atoms with Gasteiger partial charge in [0.05, 0.1) is 7.11 Å². The third-order valence-electron chi connectivity index (χ3n) is 2.35. The number of aromatic nitrogens is 3. The molecular formula is C11H21N5O. The van der Waals surface area contributed by atoms with Crippen molar-refractivity contribution in [1.29, 1.82) is 0 Å². The minimum Gasteiger partial charge on any atom is -0.467 e. The van der Waals surface area contributed by atoms with Gasteiger partial charge in [0.1, 0.15) is 0 Å². The van der Waals surface area contributed by atoms with E-state index in [2.05, 4.69) is 52.9 Å². The Balaban J connectivity index is 3.17. The summed E-state index contributed by atoms with van der Waals surface area (Å²) in [6.07, 6.45) is 0. The van der Waals surface area contributed by atoms with E-state index in [1.165, 1.54) is 0 Å². The normalized spacial score (nSPS) is 10.8. The summed E-state index contributed by atoms with van der Waals surface area (Å²) in [5.74, 6) is 1.14. The predicted octanol–water partition coefficient (Wildman–Crippen LogP) is 1.55. The van der Waals surface area contributed by atoms with Crippen LogP contribution in [0.4, 0.5) is 11.9 Å². The summed E-state index contributed by atoms with van der Waals surface area (Å²) in [6, 6.07) is 0.948. The number of nitrogens with one attached hydrogen (secondary N) is 1. The van der Waals surface area contributed by atoms with E-state index in [0.29, 0.717) is 30.0 Å². The fourth-order valence-electron chi connectivity index (χ4n) is 1.72. The smallest absolute Gasteiger partial charge is 0.322 e. The molecule has 17 heavy (non-hydrogen) atoms. The van der Waals surface area contributed by atoms with Crippen molar-refractivity contribution in [3.05, 3.63) is 0 Å². The lowest BCUT2D eigenvalue weighted by Gasteiger charge is -2.30. The highest BCUT2D eigenvalue weighted by Crippen LogP contribution is 2.19. The van der Waals surface area contributed by atoms with E-state index >= 15 is 0 Å². The lowest BCUT2D eigenvalue weighted by Crippen LogP contribution is -2.38. The maximum absolute atomic E-state index is 5.08. The first-order valence-corrected chi connectivity index (χ1v) is 5.75. The first kappa shape index (κ1) is 13.5. The van der Waals surface area contributed by atoms with E-state index in [1.54, 1.807) is 14.2 Å². The van der Waals surface area contributed by atoms with Gasteiger partial charge in [-0.3, -0.25) is 0 Å². The Bertz CT molecular complexity index is 337. The molecule has 1 heterocycles. The molecule has 6 heteroatoms. The minimum absolute atomic E-state index is 0.312. The molecule has 1 N–H and O–H groups in total. The van der Waals surface area contributed by atoms with E-state index in [0.717, 1.165) is 0 Å². The molecule has 0 bridgehead atoms. The summed E-state index contributed by atoms with van der Waals surface area (Å²) in [5.41, 5.74) is 0. The molecule has 1 aromatic rings. The van der Waals surface area contributed by atoms with Gasteiger partial charge in [-0.1, -0.05) is 0 Å². The second-order valence-corrected chi connectivity index (χ2v) is 4.29. The predicted molar refractivity (Wildman–Crippen MR) is 68.7 cm³/mol. The second kappa shape index (κ2) is 5.65. The molecule has 0 atom stereocenters. The van der Waals surface area contributed by atoms with Gasteiger partial charge in [0.25, 0.3) is 0 Å². The van der Waals surface area contributed by atoms with Crippen LogP contribution >= 0.6 is 0 Å². The van der Waals surface area contributed by atoms with Gasteiger partial charge in [0, 0.05) is 19.1 Å². The molecule has 1 aromatic heterocycles. The molecule has 0 aromatic carbocycles. The maximum atomic E-state index is 5.08. The van der Waals surface area contributed by atoms with Gasteiger partial charge in [-0.25, -0.2) is 0 Å². The molecule has 0 fully saturated rings. The van der Waals surface area contributed by atoms with Crippen LogP contribution in [0.5, 0.6) is 6.01 Å². The van der Waals surface area contributed by atoms with Gasteiger partial charge in [0.15, 0.2) is 0 Å². The molecule has 96 valence electrons. The minimum atomic E-state index is 0.312. The van der Waals surface area contributed by atoms with E-state index in [9.17, 15) is 0 Å². The van der Waals surface area contributed by atoms with Crippen LogP contribution in [0.15, 0.2) is 0 Å². The molecule has 1 rings (SSSR count). The lowest BCUT2D eigenvalue weighted by molar-refractivity contribution is 0.377. The molecule has 0 aliphatic heterocycles. The fourth-order valence-corrected chi connectivity index (χ4v) is 1.72. The van der Waals surface area contributed by atoms with Crippen molar-refractivity contribution in [2.75, 3.05) is 24.4 Å². The standard InChI is InChI=1S/C11H21N5O/c1-7(2)16(8(3)4)10-13-9(12-5)14-11(15-10)17-6/h7-8H,1-6H3,(H,12,13,14,15). The van der Waals surface area contributed by atoms with Crippen LogP contribution in [0, 0.1) is 0 Å². The van der Waals surface area contributed by atoms with Gasteiger partial charge in [-0.2, -0.15) is 15.0 Å². The number of nitrogens with zero attached hydrogens (tertiary/aromatic N) is 4. The fraction of sp³-hybridized carbons (Fsp3) is 0.727. The summed E-state index contributed by atoms with van der Waals surface area (Å²) in [5, 5.41) is 2.91. The van der Waals surface area contributed by atoms with E-state index in [-0.39, 0.29) is 0 Å². The number of rotatable bonds is 5. The van der Waals surface area contributed by atoms with E-state index in [1.807, 2.05) is 0 Å². The van der Waals surface area contributed by atoms with Crippen LogP contribution in [-0.2, 0) is 0 Å². The van der Waals surface area contributed by atoms with Crippen LogP contribution in [0.2, 0.25) is 0 Å². The van der Waals surface area contributed by atoms with Gasteiger partial charge in [0.2, 0.25) is 11.9 Å². The van der Waals surface area contributed by atoms with E-state index in [4.69, 9.17) is 4.74 Å². The number of methoxy groups -OCH3 is 1. The molecule has 0 unspecified atom stereocenters. The Labute approximate surface area is 102 Å². The SMILES string of the molecule is CNc1nc(OC)nc(N(C(C)C)C(C)C)n1. The van der Waals surface area contributed by atoms with Crippen molar-refractivity contribution in [3.63, 3.8) is 0 Å². The highest BCUT2D eigenvalue weighted by Gasteiger charge is 2.19. The van der Waals surface area contributed by atoms with Crippen molar-refractivity contribution >= 4 is 11.9 Å². The quantitative estimate of drug-likeness (QED) is 0.841. The molecule has 6 nitrogen and oxygen atoms in total. The van der Waals surface area contributed by atoms with Crippen LogP contribution in [0.3, 0.4) is 0 Å². The van der Waals surface area contributed by atoms with Crippen molar-refractivity contribution < 1.29 is 4.74 Å². The van der Waals surface area contributed by atoms with Crippen LogP contribution in [0.1, 0.15) is 27.7 Å². The Morgan fingerprint density at radius 1 is 1.06 bits per heavy atom. The first-order valence-electron chi connectivity index (χ1n) is 5.75. The first-order chi connectivity index (χ1) is 7.99. The van der Waals surface area contributed by atoms with Gasteiger partial charge in [-0.05, 0) is 27.7 Å². The summed E-state index contributed by atoms with van der Waals surface area (Å²) in [4.78, 5) is 14.8. The van der Waals surface area contributed by atoms with Crippen LogP contribution < -0.4 is 15.0 Å². The summed E-state index contributed by atoms with van der Waals surface area (Å²) < 4.78 is 5.08. The molecule has 0 saturated heterocycles. The van der Waals surface area contributed by atoms with Crippen molar-refractivity contribution in [2.24, 2.45) is 0 Å². The zero-order valence-electron chi connectivity index (χ0n) is 11.4. The van der Waals surface area contributed by atoms with Crippen molar-refractivity contribution in [1.82, 2.24) is 15.0 Å². The van der Waals surface area contributed by atoms with Gasteiger partial charge in [-0.15, -0.1) is 0 Å². The molecule has 0 aliphatic carbocycles. The zero-order valence-corrected chi connectivity index (χ0v) is 11.4. The third kappa shape index (κ3) is 3.18. The number of ether oxygens (including phenoxy) is 1. The highest BCUT2D eigenvalue weighted by atomic mass is 16.5. The molecule has 0 amide bonds. The monoisotopic (exact) mass is 239 g/mol. The summed E-state index contributed by atoms with van der Waals surface area (Å²) in [7, 11) is 3.32. The number of hydrogen-bond donors (Lipinski definition) is 1. The van der Waals surface area contributed by atoms with Crippen molar-refractivity contribution in [2.45, 2.75) is 39.8 Å². The van der Waals surface area contributed by atoms with Crippen LogP contribution in [-0.4, -0.2) is 41.2 Å². The molecule has 0 saturated carbocycles. The number of hydrogen-bond acceptors (Lipinski definition) is 6. The molecule has 0 spiro atoms. The van der Waals surface area contributed by atoms with Crippen LogP contribution in [0.25, 0.3) is 0 Å². The highest BCUT2D eigenvalue weighted by molar-refractivity contribution is 5.39. The second-order valence-electron chi connectivity index (χ2n) is 4.29. The Kier molecular flexibility index (Phi) is 4.48. The topological polar surface area (TPSA) is 63.2 Å². The van der Waals surface area contributed by atoms with Gasteiger partial charge >= 0.3 is 6.01 Å². The largest absolute Gasteiger partial charge is 0.467 e. The summed E-state index contributed by atoms with van der Waals surface area (Å²) in [6.45, 7) is 8.43. The molecule has 0 radical (unpaired) electrons. The number of anilines is 2. The third-order valence-corrected chi connectivity index (χ3v) is 2.35. The Hall–Kier alpha value is -1.59. The average molecular weight is 239 g/mol. The zero-order chi connectivity index (χ0) is 13.0. The average Bonchev–Trinajstić information content (AvgIpc) is 2.27. The maximum Gasteiger partial charge on any atom is 0.322 e. The Morgan fingerprint density at radius 2 is 1.65 bits per heavy atom. The van der Waals surface area contributed by atoms with E-state index < -0.39 is 0 Å².